The molecular weight excluding hydrogens is 456 g/mol. The number of carbonyl (C=O) groups is 2. The molecule has 5 N–H and O–H groups in total. The highest BCUT2D eigenvalue weighted by Crippen LogP contribution is 2.38. The summed E-state index contributed by atoms with van der Waals surface area (Å²) in [5.41, 5.74) is 8.27. The van der Waals surface area contributed by atoms with Crippen LogP contribution in [0.4, 0.5) is 0 Å². The summed E-state index contributed by atoms with van der Waals surface area (Å²) in [5, 5.41) is 23.7. The van der Waals surface area contributed by atoms with Gasteiger partial charge in [-0.05, 0) is 60.7 Å². The Bertz CT molecular complexity index is 974. The lowest BCUT2D eigenvalue weighted by Gasteiger charge is -2.34. The smallest absolute Gasteiger partial charge is 0.243 e. The molecule has 1 saturated heterocycles. The van der Waals surface area contributed by atoms with Crippen LogP contribution < -0.4 is 11.1 Å². The van der Waals surface area contributed by atoms with Crippen LogP contribution in [-0.2, 0) is 21.5 Å². The number of likely N-dealkylation sites (tertiary alicyclic amines) is 1. The minimum absolute atomic E-state index is 0.128. The summed E-state index contributed by atoms with van der Waals surface area (Å²) < 4.78 is 0. The quantitative estimate of drug-likeness (QED) is 0.408. The van der Waals surface area contributed by atoms with E-state index < -0.39 is 17.7 Å². The van der Waals surface area contributed by atoms with Gasteiger partial charge in [0.1, 0.15) is 6.04 Å². The fourth-order valence-electron chi connectivity index (χ4n) is 4.92. The molecular formula is C28H44N4O4. The van der Waals surface area contributed by atoms with Crippen molar-refractivity contribution in [2.75, 3.05) is 19.7 Å². The number of nitrogens with one attached hydrogen (secondary N) is 1. The van der Waals surface area contributed by atoms with Crippen molar-refractivity contribution < 1.29 is 19.8 Å². The van der Waals surface area contributed by atoms with Crippen LogP contribution in [0, 0.1) is 11.8 Å². The number of hydrogen-bond donors (Lipinski definition) is 4. The zero-order chi connectivity index (χ0) is 27.0. The lowest BCUT2D eigenvalue weighted by molar-refractivity contribution is -0.143. The predicted molar refractivity (Wildman–Crippen MR) is 144 cm³/mol. The number of nitrogens with zero attached hydrogens (tertiary/aromatic N) is 2. The van der Waals surface area contributed by atoms with E-state index in [4.69, 9.17) is 5.73 Å². The number of nitrogens with two attached hydrogens (primary N) is 1. The molecule has 200 valence electrons. The Morgan fingerprint density at radius 3 is 2.58 bits per heavy atom. The first-order chi connectivity index (χ1) is 17.2. The van der Waals surface area contributed by atoms with Crippen molar-refractivity contribution in [3.8, 4) is 0 Å². The Hall–Kier alpha value is -2.71. The van der Waals surface area contributed by atoms with Gasteiger partial charge in [0.05, 0.1) is 24.0 Å². The normalized spacial score (nSPS) is 24.5. The molecule has 3 rings (SSSR count). The summed E-state index contributed by atoms with van der Waals surface area (Å²) in [6, 6.07) is 5.13. The molecule has 0 bridgehead atoms. The van der Waals surface area contributed by atoms with Crippen molar-refractivity contribution in [1.82, 2.24) is 10.2 Å². The van der Waals surface area contributed by atoms with E-state index in [0.29, 0.717) is 19.4 Å². The monoisotopic (exact) mass is 500 g/mol. The van der Waals surface area contributed by atoms with Gasteiger partial charge in [-0.2, -0.15) is 0 Å². The van der Waals surface area contributed by atoms with Crippen molar-refractivity contribution in [1.29, 1.82) is 0 Å². The second kappa shape index (κ2) is 13.0. The van der Waals surface area contributed by atoms with Crippen molar-refractivity contribution in [2.45, 2.75) is 78.5 Å². The molecule has 36 heavy (non-hydrogen) atoms. The SMILES string of the molecule is CC.CCN=C(/C=C\N)c1ccc2c(c1)CCC2(CO)NC(=O)C1CC(O)CN1C(=O)C(C)C(C)C. The number of aliphatic imine (C=N–C) groups is 1. The molecule has 4 unspecified atom stereocenters. The third-order valence-corrected chi connectivity index (χ3v) is 7.21. The van der Waals surface area contributed by atoms with Gasteiger partial charge >= 0.3 is 0 Å². The minimum atomic E-state index is -0.928. The number of amides is 2. The highest BCUT2D eigenvalue weighted by atomic mass is 16.3. The van der Waals surface area contributed by atoms with E-state index in [0.717, 1.165) is 22.4 Å². The number of β-amino-alcohol motifs (C(OH)–C–C–N with tert-alkyl or cyclic N) is 1. The summed E-state index contributed by atoms with van der Waals surface area (Å²) in [4.78, 5) is 32.4. The zero-order valence-electron chi connectivity index (χ0n) is 22.6. The second-order valence-electron chi connectivity index (χ2n) is 9.75. The number of benzene rings is 1. The maximum absolute atomic E-state index is 13.4. The Labute approximate surface area is 215 Å². The van der Waals surface area contributed by atoms with Crippen LogP contribution in [0.5, 0.6) is 0 Å². The van der Waals surface area contributed by atoms with E-state index in [9.17, 15) is 19.8 Å². The number of carbonyl (C=O) groups excluding carboxylic acids is 2. The topological polar surface area (TPSA) is 128 Å². The van der Waals surface area contributed by atoms with Crippen LogP contribution in [0.2, 0.25) is 0 Å². The lowest BCUT2D eigenvalue weighted by atomic mass is 9.90. The van der Waals surface area contributed by atoms with E-state index in [1.165, 1.54) is 11.1 Å². The van der Waals surface area contributed by atoms with Gasteiger partial charge in [-0.25, -0.2) is 0 Å². The molecule has 0 saturated carbocycles. The van der Waals surface area contributed by atoms with Crippen LogP contribution in [0.1, 0.15) is 71.1 Å². The van der Waals surface area contributed by atoms with E-state index in [2.05, 4.69) is 10.3 Å². The van der Waals surface area contributed by atoms with Gasteiger partial charge in [0.2, 0.25) is 11.8 Å². The molecule has 8 nitrogen and oxygen atoms in total. The summed E-state index contributed by atoms with van der Waals surface area (Å²) in [5.74, 6) is -0.591. The molecule has 1 aliphatic carbocycles. The van der Waals surface area contributed by atoms with Crippen LogP contribution in [0.25, 0.3) is 0 Å². The highest BCUT2D eigenvalue weighted by Gasteiger charge is 2.45. The van der Waals surface area contributed by atoms with Crippen molar-refractivity contribution in [3.63, 3.8) is 0 Å². The zero-order valence-corrected chi connectivity index (χ0v) is 22.6. The summed E-state index contributed by atoms with van der Waals surface area (Å²) in [6.07, 6.45) is 3.91. The molecule has 0 spiro atoms. The van der Waals surface area contributed by atoms with Gasteiger partial charge in [-0.3, -0.25) is 14.6 Å². The molecule has 4 atom stereocenters. The van der Waals surface area contributed by atoms with Gasteiger partial charge in [-0.1, -0.05) is 46.8 Å². The van der Waals surface area contributed by atoms with Gasteiger partial charge in [-0.15, -0.1) is 0 Å². The molecule has 1 fully saturated rings. The fourth-order valence-corrected chi connectivity index (χ4v) is 4.92. The largest absolute Gasteiger partial charge is 0.405 e. The first-order valence-electron chi connectivity index (χ1n) is 13.1. The summed E-state index contributed by atoms with van der Waals surface area (Å²) in [6.45, 7) is 12.3. The van der Waals surface area contributed by atoms with Crippen molar-refractivity contribution >= 4 is 17.5 Å². The molecule has 0 aromatic heterocycles. The molecule has 0 radical (unpaired) electrons. The van der Waals surface area contributed by atoms with Crippen molar-refractivity contribution in [3.05, 3.63) is 47.2 Å². The third-order valence-electron chi connectivity index (χ3n) is 7.21. The summed E-state index contributed by atoms with van der Waals surface area (Å²) in [7, 11) is 0. The first-order valence-corrected chi connectivity index (χ1v) is 13.1. The average Bonchev–Trinajstić information content (AvgIpc) is 3.44. The number of aliphatic hydroxyl groups excluding tert-OH is 2. The fraction of sp³-hybridized carbons (Fsp3) is 0.607. The number of allylic oxidation sites excluding steroid dienone is 1. The van der Waals surface area contributed by atoms with Gasteiger partial charge < -0.3 is 26.2 Å². The number of aliphatic hydroxyl groups is 2. The number of hydrogen-bond acceptors (Lipinski definition) is 6. The van der Waals surface area contributed by atoms with Gasteiger partial charge in [0.25, 0.3) is 0 Å². The maximum atomic E-state index is 13.4. The van der Waals surface area contributed by atoms with Gasteiger partial charge in [0, 0.05) is 25.4 Å². The molecule has 2 amide bonds. The van der Waals surface area contributed by atoms with E-state index in [1.807, 2.05) is 59.7 Å². The number of rotatable bonds is 8. The first kappa shape index (κ1) is 29.5. The molecule has 1 aliphatic heterocycles. The molecule has 1 aromatic rings. The predicted octanol–water partition coefficient (Wildman–Crippen LogP) is 2.50. The van der Waals surface area contributed by atoms with Crippen LogP contribution in [0.15, 0.2) is 35.5 Å². The molecule has 1 aromatic carbocycles. The molecule has 8 heteroatoms. The lowest BCUT2D eigenvalue weighted by Crippen LogP contribution is -2.55. The van der Waals surface area contributed by atoms with Crippen molar-refractivity contribution in [2.24, 2.45) is 22.6 Å². The van der Waals surface area contributed by atoms with Gasteiger partial charge in [0.15, 0.2) is 0 Å². The standard InChI is InChI=1S/C26H38N4O4.C2H6/c1-5-28-22(9-11-27)19-6-7-21-18(12-19)8-10-26(21,15-31)29-24(33)23-13-20(32)14-30(23)25(34)17(4)16(2)3;1-2/h6-7,9,11-12,16-17,20,23,31-32H,5,8,10,13-15,27H2,1-4H3,(H,29,33);1-2H3/b11-9-,28-22?;. The Kier molecular flexibility index (Phi) is 10.7. The Morgan fingerprint density at radius 2 is 2.00 bits per heavy atom. The number of aryl methyl sites for hydroxylation is 1. The molecule has 2 aliphatic rings. The van der Waals surface area contributed by atoms with Crippen LogP contribution in [0.3, 0.4) is 0 Å². The Morgan fingerprint density at radius 1 is 1.31 bits per heavy atom. The van der Waals surface area contributed by atoms with E-state index in [1.54, 1.807) is 6.08 Å². The summed E-state index contributed by atoms with van der Waals surface area (Å²) >= 11 is 0. The van der Waals surface area contributed by atoms with Crippen LogP contribution in [-0.4, -0.2) is 64.5 Å². The average molecular weight is 501 g/mol. The number of fused-ring (bicyclic) bond motifs is 1. The highest BCUT2D eigenvalue weighted by molar-refractivity contribution is 6.08. The molecule has 1 heterocycles. The second-order valence-corrected chi connectivity index (χ2v) is 9.75. The van der Waals surface area contributed by atoms with E-state index >= 15 is 0 Å². The Balaban J connectivity index is 0.00000222. The van der Waals surface area contributed by atoms with Crippen LogP contribution >= 0.6 is 0 Å². The minimum Gasteiger partial charge on any atom is -0.405 e. The maximum Gasteiger partial charge on any atom is 0.243 e. The van der Waals surface area contributed by atoms with E-state index in [-0.39, 0.29) is 43.2 Å². The third kappa shape index (κ3) is 6.16.